The molecular weight excluding hydrogens is 210 g/mol. The zero-order valence-corrected chi connectivity index (χ0v) is 10.5. The van der Waals surface area contributed by atoms with Crippen LogP contribution in [0.1, 0.15) is 24.0 Å². The van der Waals surface area contributed by atoms with Crippen LogP contribution >= 0.6 is 0 Å². The second kappa shape index (κ2) is 5.20. The van der Waals surface area contributed by atoms with Crippen LogP contribution in [0.15, 0.2) is 18.2 Å². The molecule has 1 aromatic rings. The molecule has 1 aromatic carbocycles. The van der Waals surface area contributed by atoms with Gasteiger partial charge in [0.25, 0.3) is 0 Å². The van der Waals surface area contributed by atoms with Crippen LogP contribution in [-0.2, 0) is 0 Å². The molecule has 1 aliphatic heterocycles. The van der Waals surface area contributed by atoms with Crippen molar-refractivity contribution in [2.24, 2.45) is 0 Å². The molecule has 0 radical (unpaired) electrons. The zero-order valence-electron chi connectivity index (χ0n) is 10.5. The van der Waals surface area contributed by atoms with Crippen LogP contribution in [0.25, 0.3) is 0 Å². The summed E-state index contributed by atoms with van der Waals surface area (Å²) in [4.78, 5) is 2.25. The van der Waals surface area contributed by atoms with E-state index in [-0.39, 0.29) is 0 Å². The third-order valence-electron chi connectivity index (χ3n) is 3.47. The molecule has 3 heteroatoms. The highest BCUT2D eigenvalue weighted by Crippen LogP contribution is 2.24. The van der Waals surface area contributed by atoms with Crippen LogP contribution in [0.3, 0.4) is 0 Å². The first kappa shape index (κ1) is 11.9. The predicted molar refractivity (Wildman–Crippen MR) is 70.2 cm³/mol. The molecule has 3 nitrogen and oxygen atoms in total. The molecule has 0 bridgehead atoms. The van der Waals surface area contributed by atoms with Crippen molar-refractivity contribution in [2.45, 2.75) is 25.8 Å². The van der Waals surface area contributed by atoms with Crippen LogP contribution < -0.4 is 10.2 Å². The Hall–Kier alpha value is -1.53. The van der Waals surface area contributed by atoms with Gasteiger partial charge in [-0.05, 0) is 44.0 Å². The number of nitrogens with zero attached hydrogens (tertiary/aromatic N) is 2. The van der Waals surface area contributed by atoms with Crippen LogP contribution in [0.2, 0.25) is 0 Å². The molecule has 1 N–H and O–H groups in total. The highest BCUT2D eigenvalue weighted by Gasteiger charge is 2.19. The number of likely N-dealkylation sites (N-methyl/N-ethyl adjacent to an activating group) is 1. The molecule has 17 heavy (non-hydrogen) atoms. The predicted octanol–water partition coefficient (Wildman–Crippen LogP) is 2.05. The fourth-order valence-corrected chi connectivity index (χ4v) is 2.39. The van der Waals surface area contributed by atoms with Crippen molar-refractivity contribution >= 4 is 5.69 Å². The SMILES string of the molecule is Cc1ccc(C#N)c(N(C)C2CCCNC2)c1. The van der Waals surface area contributed by atoms with Crippen molar-refractivity contribution in [3.05, 3.63) is 29.3 Å². The summed E-state index contributed by atoms with van der Waals surface area (Å²) in [5.74, 6) is 0. The Morgan fingerprint density at radius 3 is 2.94 bits per heavy atom. The second-order valence-electron chi connectivity index (χ2n) is 4.74. The highest BCUT2D eigenvalue weighted by atomic mass is 15.2. The summed E-state index contributed by atoms with van der Waals surface area (Å²) in [5, 5.41) is 12.6. The van der Waals surface area contributed by atoms with Gasteiger partial charge in [-0.1, -0.05) is 6.07 Å². The normalized spacial score (nSPS) is 19.7. The average molecular weight is 229 g/mol. The zero-order chi connectivity index (χ0) is 12.3. The van der Waals surface area contributed by atoms with Crippen molar-refractivity contribution in [3.63, 3.8) is 0 Å². The number of nitrogens with one attached hydrogen (secondary N) is 1. The van der Waals surface area contributed by atoms with Gasteiger partial charge in [0, 0.05) is 19.6 Å². The first-order chi connectivity index (χ1) is 8.22. The van der Waals surface area contributed by atoms with Gasteiger partial charge in [-0.2, -0.15) is 5.26 Å². The van der Waals surface area contributed by atoms with Crippen LogP contribution in [0, 0.1) is 18.3 Å². The van der Waals surface area contributed by atoms with Crippen molar-refractivity contribution in [3.8, 4) is 6.07 Å². The Morgan fingerprint density at radius 1 is 1.47 bits per heavy atom. The molecule has 0 aliphatic carbocycles. The fraction of sp³-hybridized carbons (Fsp3) is 0.500. The van der Waals surface area contributed by atoms with Crippen LogP contribution in [0.5, 0.6) is 0 Å². The van der Waals surface area contributed by atoms with Crippen molar-refractivity contribution in [1.82, 2.24) is 5.32 Å². The largest absolute Gasteiger partial charge is 0.369 e. The Balaban J connectivity index is 2.25. The van der Waals surface area contributed by atoms with Gasteiger partial charge in [0.1, 0.15) is 6.07 Å². The number of rotatable bonds is 2. The molecule has 0 spiro atoms. The van der Waals surface area contributed by atoms with E-state index in [1.807, 2.05) is 12.1 Å². The summed E-state index contributed by atoms with van der Waals surface area (Å²) in [6.07, 6.45) is 2.41. The summed E-state index contributed by atoms with van der Waals surface area (Å²) >= 11 is 0. The summed E-state index contributed by atoms with van der Waals surface area (Å²) in [5.41, 5.74) is 3.03. The van der Waals surface area contributed by atoms with Gasteiger partial charge < -0.3 is 10.2 Å². The van der Waals surface area contributed by atoms with Crippen molar-refractivity contribution in [2.75, 3.05) is 25.0 Å². The molecular formula is C14H19N3. The molecule has 0 aromatic heterocycles. The molecule has 2 rings (SSSR count). The maximum atomic E-state index is 9.16. The van der Waals surface area contributed by atoms with E-state index in [2.05, 4.69) is 36.3 Å². The van der Waals surface area contributed by atoms with E-state index >= 15 is 0 Å². The van der Waals surface area contributed by atoms with Gasteiger partial charge in [0.15, 0.2) is 0 Å². The number of nitriles is 1. The number of piperidine rings is 1. The molecule has 0 amide bonds. The minimum Gasteiger partial charge on any atom is -0.369 e. The van der Waals surface area contributed by atoms with E-state index in [4.69, 9.17) is 5.26 Å². The second-order valence-corrected chi connectivity index (χ2v) is 4.74. The van der Waals surface area contributed by atoms with E-state index < -0.39 is 0 Å². The third-order valence-corrected chi connectivity index (χ3v) is 3.47. The minimum absolute atomic E-state index is 0.498. The molecule has 1 unspecified atom stereocenters. The lowest BCUT2D eigenvalue weighted by atomic mass is 10.0. The smallest absolute Gasteiger partial charge is 0.101 e. The molecule has 1 fully saturated rings. The summed E-state index contributed by atoms with van der Waals surface area (Å²) in [6, 6.07) is 8.79. The minimum atomic E-state index is 0.498. The fourth-order valence-electron chi connectivity index (χ4n) is 2.39. The van der Waals surface area contributed by atoms with E-state index in [1.54, 1.807) is 0 Å². The van der Waals surface area contributed by atoms with Gasteiger partial charge in [-0.15, -0.1) is 0 Å². The monoisotopic (exact) mass is 229 g/mol. The molecule has 1 saturated heterocycles. The van der Waals surface area contributed by atoms with E-state index in [0.29, 0.717) is 6.04 Å². The van der Waals surface area contributed by atoms with Crippen LogP contribution in [-0.4, -0.2) is 26.2 Å². The Labute approximate surface area is 103 Å². The lowest BCUT2D eigenvalue weighted by Gasteiger charge is -2.34. The Morgan fingerprint density at radius 2 is 2.29 bits per heavy atom. The van der Waals surface area contributed by atoms with Crippen molar-refractivity contribution in [1.29, 1.82) is 5.26 Å². The lowest BCUT2D eigenvalue weighted by Crippen LogP contribution is -2.44. The Bertz CT molecular complexity index is 428. The van der Waals surface area contributed by atoms with E-state index in [0.717, 1.165) is 24.3 Å². The van der Waals surface area contributed by atoms with Gasteiger partial charge in [-0.3, -0.25) is 0 Å². The summed E-state index contributed by atoms with van der Waals surface area (Å²) in [7, 11) is 2.09. The van der Waals surface area contributed by atoms with Gasteiger partial charge in [0.2, 0.25) is 0 Å². The number of hydrogen-bond donors (Lipinski definition) is 1. The lowest BCUT2D eigenvalue weighted by molar-refractivity contribution is 0.445. The molecule has 1 atom stereocenters. The van der Waals surface area contributed by atoms with E-state index in [1.165, 1.54) is 18.4 Å². The number of aryl methyl sites for hydroxylation is 1. The highest BCUT2D eigenvalue weighted by molar-refractivity contribution is 5.60. The molecule has 90 valence electrons. The maximum Gasteiger partial charge on any atom is 0.101 e. The number of hydrogen-bond acceptors (Lipinski definition) is 3. The third kappa shape index (κ3) is 2.59. The van der Waals surface area contributed by atoms with Crippen LogP contribution in [0.4, 0.5) is 5.69 Å². The number of anilines is 1. The maximum absolute atomic E-state index is 9.16. The van der Waals surface area contributed by atoms with Crippen molar-refractivity contribution < 1.29 is 0 Å². The Kier molecular flexibility index (Phi) is 3.65. The average Bonchev–Trinajstić information content (AvgIpc) is 2.39. The topological polar surface area (TPSA) is 39.1 Å². The first-order valence-corrected chi connectivity index (χ1v) is 6.16. The van der Waals surface area contributed by atoms with Gasteiger partial charge in [-0.25, -0.2) is 0 Å². The van der Waals surface area contributed by atoms with E-state index in [9.17, 15) is 0 Å². The van der Waals surface area contributed by atoms with Gasteiger partial charge in [0.05, 0.1) is 11.3 Å². The molecule has 1 heterocycles. The van der Waals surface area contributed by atoms with Gasteiger partial charge >= 0.3 is 0 Å². The standard InChI is InChI=1S/C14H19N3/c1-11-5-6-12(9-15)14(8-11)17(2)13-4-3-7-16-10-13/h5-6,8,13,16H,3-4,7,10H2,1-2H3. The summed E-state index contributed by atoms with van der Waals surface area (Å²) < 4.78 is 0. The molecule has 1 aliphatic rings. The first-order valence-electron chi connectivity index (χ1n) is 6.16. The number of benzene rings is 1. The quantitative estimate of drug-likeness (QED) is 0.843. The summed E-state index contributed by atoms with van der Waals surface area (Å²) in [6.45, 7) is 4.19. The molecule has 0 saturated carbocycles.